The molecule has 0 saturated carbocycles. The van der Waals surface area contributed by atoms with Gasteiger partial charge < -0.3 is 10.3 Å². The van der Waals surface area contributed by atoms with Crippen molar-refractivity contribution in [1.82, 2.24) is 20.3 Å². The number of nitrogens with one attached hydrogen (secondary N) is 2. The minimum absolute atomic E-state index is 0.0842. The second kappa shape index (κ2) is 5.13. The van der Waals surface area contributed by atoms with E-state index >= 15 is 0 Å². The Bertz CT molecular complexity index is 602. The van der Waals surface area contributed by atoms with Crippen LogP contribution in [0.2, 0.25) is 0 Å². The molecule has 0 aromatic carbocycles. The number of H-pyrrole nitrogens is 1. The van der Waals surface area contributed by atoms with Crippen molar-refractivity contribution < 1.29 is 4.79 Å². The highest BCUT2D eigenvalue weighted by Gasteiger charge is 2.21. The quantitative estimate of drug-likeness (QED) is 0.902. The molecule has 0 fully saturated rings. The van der Waals surface area contributed by atoms with E-state index in [2.05, 4.69) is 27.2 Å². The Morgan fingerprint density at radius 1 is 1.42 bits per heavy atom. The van der Waals surface area contributed by atoms with Crippen LogP contribution in [-0.2, 0) is 12.8 Å². The van der Waals surface area contributed by atoms with Gasteiger partial charge in [0.05, 0.1) is 5.01 Å². The van der Waals surface area contributed by atoms with Gasteiger partial charge in [0.25, 0.3) is 5.91 Å². The molecule has 0 spiro atoms. The van der Waals surface area contributed by atoms with Crippen LogP contribution < -0.4 is 5.32 Å². The second-order valence-electron chi connectivity index (χ2n) is 4.65. The van der Waals surface area contributed by atoms with Gasteiger partial charge in [-0.3, -0.25) is 4.79 Å². The molecule has 0 radical (unpaired) electrons. The Morgan fingerprint density at radius 3 is 3.16 bits per heavy atom. The van der Waals surface area contributed by atoms with E-state index in [9.17, 15) is 4.79 Å². The number of aromatic nitrogens is 3. The molecule has 19 heavy (non-hydrogen) atoms. The minimum atomic E-state index is -0.0842. The summed E-state index contributed by atoms with van der Waals surface area (Å²) in [6, 6.07) is 0. The molecular weight excluding hydrogens is 260 g/mol. The Balaban J connectivity index is 1.93. The lowest BCUT2D eigenvalue weighted by molar-refractivity contribution is 0.0951. The van der Waals surface area contributed by atoms with E-state index in [-0.39, 0.29) is 5.91 Å². The summed E-state index contributed by atoms with van der Waals surface area (Å²) in [4.78, 5) is 24.1. The molecule has 2 aromatic rings. The van der Waals surface area contributed by atoms with Crippen molar-refractivity contribution in [2.45, 2.75) is 32.6 Å². The molecule has 2 aromatic heterocycles. The minimum Gasteiger partial charge on any atom is -0.351 e. The summed E-state index contributed by atoms with van der Waals surface area (Å²) in [5, 5.41) is 5.97. The number of aromatic amines is 1. The van der Waals surface area contributed by atoms with Crippen molar-refractivity contribution >= 4 is 17.2 Å². The van der Waals surface area contributed by atoms with Crippen LogP contribution in [-0.4, -0.2) is 27.4 Å². The lowest BCUT2D eigenvalue weighted by Crippen LogP contribution is -2.23. The summed E-state index contributed by atoms with van der Waals surface area (Å²) in [7, 11) is 0. The van der Waals surface area contributed by atoms with E-state index in [0.717, 1.165) is 48.6 Å². The van der Waals surface area contributed by atoms with Gasteiger partial charge in [-0.15, -0.1) is 11.3 Å². The van der Waals surface area contributed by atoms with E-state index in [1.54, 1.807) is 11.3 Å². The monoisotopic (exact) mass is 276 g/mol. The van der Waals surface area contributed by atoms with Crippen molar-refractivity contribution in [1.29, 1.82) is 0 Å². The van der Waals surface area contributed by atoms with Crippen molar-refractivity contribution in [3.05, 3.63) is 21.8 Å². The molecule has 5 nitrogen and oxygen atoms in total. The van der Waals surface area contributed by atoms with E-state index in [4.69, 9.17) is 0 Å². The highest BCUT2D eigenvalue weighted by Crippen LogP contribution is 2.23. The third kappa shape index (κ3) is 2.40. The SMILES string of the molecule is CCCc1nc(-c2nc3c([nH]2)CCCNC3=O)cs1. The fourth-order valence-corrected chi connectivity index (χ4v) is 3.08. The Hall–Kier alpha value is -1.69. The van der Waals surface area contributed by atoms with Gasteiger partial charge >= 0.3 is 0 Å². The molecule has 1 amide bonds. The van der Waals surface area contributed by atoms with Gasteiger partial charge in [-0.1, -0.05) is 6.92 Å². The molecule has 2 N–H and O–H groups in total. The van der Waals surface area contributed by atoms with Gasteiger partial charge in [-0.05, 0) is 25.7 Å². The van der Waals surface area contributed by atoms with Gasteiger partial charge in [0.1, 0.15) is 11.4 Å². The first kappa shape index (κ1) is 12.3. The summed E-state index contributed by atoms with van der Waals surface area (Å²) >= 11 is 1.65. The average molecular weight is 276 g/mol. The average Bonchev–Trinajstić information content (AvgIpc) is 2.98. The number of thiazole rings is 1. The normalized spacial score (nSPS) is 14.9. The molecule has 0 bridgehead atoms. The highest BCUT2D eigenvalue weighted by molar-refractivity contribution is 7.09. The van der Waals surface area contributed by atoms with E-state index in [0.29, 0.717) is 11.5 Å². The fourth-order valence-electron chi connectivity index (χ4n) is 2.20. The topological polar surface area (TPSA) is 70.7 Å². The number of fused-ring (bicyclic) bond motifs is 1. The molecule has 0 aliphatic carbocycles. The van der Waals surface area contributed by atoms with Gasteiger partial charge in [0.2, 0.25) is 0 Å². The molecule has 1 aliphatic heterocycles. The fraction of sp³-hybridized carbons (Fsp3) is 0.462. The molecule has 6 heteroatoms. The molecule has 0 saturated heterocycles. The predicted octanol–water partition coefficient (Wildman–Crippen LogP) is 2.16. The summed E-state index contributed by atoms with van der Waals surface area (Å²) in [6.07, 6.45) is 3.88. The van der Waals surface area contributed by atoms with E-state index in [1.165, 1.54) is 0 Å². The van der Waals surface area contributed by atoms with Crippen molar-refractivity contribution in [2.75, 3.05) is 6.54 Å². The van der Waals surface area contributed by atoms with Crippen LogP contribution in [0.15, 0.2) is 5.38 Å². The molecule has 3 rings (SSSR count). The van der Waals surface area contributed by atoms with Gasteiger partial charge in [0, 0.05) is 17.6 Å². The maximum absolute atomic E-state index is 11.8. The van der Waals surface area contributed by atoms with Crippen LogP contribution in [0.5, 0.6) is 0 Å². The molecule has 0 unspecified atom stereocenters. The van der Waals surface area contributed by atoms with Crippen molar-refractivity contribution in [2.24, 2.45) is 0 Å². The second-order valence-corrected chi connectivity index (χ2v) is 5.59. The highest BCUT2D eigenvalue weighted by atomic mass is 32.1. The number of hydrogen-bond acceptors (Lipinski definition) is 4. The first-order chi connectivity index (χ1) is 9.28. The van der Waals surface area contributed by atoms with Crippen LogP contribution in [0.25, 0.3) is 11.5 Å². The Morgan fingerprint density at radius 2 is 2.32 bits per heavy atom. The Kier molecular flexibility index (Phi) is 3.33. The zero-order valence-corrected chi connectivity index (χ0v) is 11.6. The summed E-state index contributed by atoms with van der Waals surface area (Å²) in [6.45, 7) is 2.86. The van der Waals surface area contributed by atoms with Crippen LogP contribution in [0, 0.1) is 0 Å². The number of imidazole rings is 1. The largest absolute Gasteiger partial charge is 0.351 e. The smallest absolute Gasteiger partial charge is 0.271 e. The van der Waals surface area contributed by atoms with Gasteiger partial charge in [-0.25, -0.2) is 9.97 Å². The van der Waals surface area contributed by atoms with E-state index in [1.807, 2.05) is 5.38 Å². The standard InChI is InChI=1S/C13H16N4OS/c1-2-4-10-15-9(7-19-10)12-16-8-5-3-6-14-13(18)11(8)17-12/h7H,2-6H2,1H3,(H,14,18)(H,16,17). The van der Waals surface area contributed by atoms with Crippen LogP contribution >= 0.6 is 11.3 Å². The number of carbonyl (C=O) groups is 1. The zero-order chi connectivity index (χ0) is 13.2. The Labute approximate surface area is 115 Å². The number of rotatable bonds is 3. The maximum Gasteiger partial charge on any atom is 0.271 e. The van der Waals surface area contributed by atoms with Crippen LogP contribution in [0.4, 0.5) is 0 Å². The number of amides is 1. The van der Waals surface area contributed by atoms with Crippen LogP contribution in [0.3, 0.4) is 0 Å². The summed E-state index contributed by atoms with van der Waals surface area (Å²) in [5.74, 6) is 0.625. The molecular formula is C13H16N4OS. The first-order valence-corrected chi connectivity index (χ1v) is 7.47. The van der Waals surface area contributed by atoms with Crippen molar-refractivity contribution in [3.63, 3.8) is 0 Å². The predicted molar refractivity (Wildman–Crippen MR) is 74.3 cm³/mol. The van der Waals surface area contributed by atoms with Gasteiger partial charge in [-0.2, -0.15) is 0 Å². The van der Waals surface area contributed by atoms with E-state index < -0.39 is 0 Å². The number of nitrogens with zero attached hydrogens (tertiary/aromatic N) is 2. The summed E-state index contributed by atoms with van der Waals surface area (Å²) < 4.78 is 0. The first-order valence-electron chi connectivity index (χ1n) is 6.59. The number of hydrogen-bond donors (Lipinski definition) is 2. The summed E-state index contributed by atoms with van der Waals surface area (Å²) in [5.41, 5.74) is 2.29. The third-order valence-electron chi connectivity index (χ3n) is 3.14. The molecule has 100 valence electrons. The van der Waals surface area contributed by atoms with Gasteiger partial charge in [0.15, 0.2) is 5.82 Å². The number of aryl methyl sites for hydroxylation is 2. The third-order valence-corrected chi connectivity index (χ3v) is 4.05. The zero-order valence-electron chi connectivity index (χ0n) is 10.8. The van der Waals surface area contributed by atoms with Crippen LogP contribution in [0.1, 0.15) is 41.0 Å². The lowest BCUT2D eigenvalue weighted by Gasteiger charge is -1.96. The molecule has 1 aliphatic rings. The number of carbonyl (C=O) groups excluding carboxylic acids is 1. The maximum atomic E-state index is 11.8. The molecule has 3 heterocycles. The van der Waals surface area contributed by atoms with Crippen molar-refractivity contribution in [3.8, 4) is 11.5 Å². The molecule has 0 atom stereocenters. The lowest BCUT2D eigenvalue weighted by atomic mass is 10.2.